The molecule has 0 saturated heterocycles. The Hall–Kier alpha value is -2.99. The maximum atomic E-state index is 6.25. The summed E-state index contributed by atoms with van der Waals surface area (Å²) < 4.78 is 1.62. The average molecular weight is 379 g/mol. The molecule has 0 spiro atoms. The minimum atomic E-state index is 0.115. The summed E-state index contributed by atoms with van der Waals surface area (Å²) in [5, 5.41) is 9.05. The van der Waals surface area contributed by atoms with Crippen molar-refractivity contribution in [3.05, 3.63) is 65.7 Å². The maximum absolute atomic E-state index is 6.25. The lowest BCUT2D eigenvalue weighted by Crippen LogP contribution is -2.10. The molecule has 0 unspecified atom stereocenters. The minimum Gasteiger partial charge on any atom is -0.340 e. The van der Waals surface area contributed by atoms with Gasteiger partial charge in [-0.05, 0) is 35.2 Å². The van der Waals surface area contributed by atoms with E-state index >= 15 is 0 Å². The number of benzene rings is 1. The first-order valence-electron chi connectivity index (χ1n) is 8.61. The number of rotatable bonds is 3. The Morgan fingerprint density at radius 2 is 1.78 bits per heavy atom. The Labute approximate surface area is 162 Å². The van der Waals surface area contributed by atoms with Crippen LogP contribution in [0.4, 0.5) is 11.5 Å². The zero-order chi connectivity index (χ0) is 19.0. The second-order valence-electron chi connectivity index (χ2n) is 7.28. The van der Waals surface area contributed by atoms with E-state index in [4.69, 9.17) is 11.6 Å². The van der Waals surface area contributed by atoms with Crippen LogP contribution < -0.4 is 5.32 Å². The first-order valence-corrected chi connectivity index (χ1v) is 8.98. The van der Waals surface area contributed by atoms with E-state index in [0.29, 0.717) is 22.3 Å². The summed E-state index contributed by atoms with van der Waals surface area (Å²) in [6, 6.07) is 11.9. The van der Waals surface area contributed by atoms with Crippen LogP contribution in [-0.4, -0.2) is 24.7 Å². The Morgan fingerprint density at radius 3 is 2.48 bits per heavy atom. The third-order valence-electron chi connectivity index (χ3n) is 4.32. The molecule has 0 atom stereocenters. The van der Waals surface area contributed by atoms with Gasteiger partial charge in [0.05, 0.1) is 16.6 Å². The van der Waals surface area contributed by atoms with Crippen molar-refractivity contribution in [1.82, 2.24) is 24.7 Å². The lowest BCUT2D eigenvalue weighted by molar-refractivity contribution is 0.590. The molecule has 0 bridgehead atoms. The molecule has 3 aromatic heterocycles. The Bertz CT molecular complexity index is 1100. The first-order chi connectivity index (χ1) is 12.9. The lowest BCUT2D eigenvalue weighted by Gasteiger charge is -2.19. The van der Waals surface area contributed by atoms with Crippen molar-refractivity contribution in [3.63, 3.8) is 0 Å². The molecule has 1 N–H and O–H groups in total. The van der Waals surface area contributed by atoms with Crippen LogP contribution in [0.1, 0.15) is 26.3 Å². The monoisotopic (exact) mass is 378 g/mol. The molecule has 136 valence electrons. The number of fused-ring (bicyclic) bond motifs is 1. The highest BCUT2D eigenvalue weighted by atomic mass is 35.5. The zero-order valence-electron chi connectivity index (χ0n) is 15.3. The highest BCUT2D eigenvalue weighted by Crippen LogP contribution is 2.28. The van der Waals surface area contributed by atoms with Crippen LogP contribution in [0, 0.1) is 0 Å². The number of nitrogens with zero attached hydrogens (tertiary/aromatic N) is 5. The van der Waals surface area contributed by atoms with E-state index in [1.54, 1.807) is 29.2 Å². The molecule has 7 heteroatoms. The molecular weight excluding hydrogens is 360 g/mol. The summed E-state index contributed by atoms with van der Waals surface area (Å²) in [4.78, 5) is 13.0. The fourth-order valence-corrected chi connectivity index (χ4v) is 3.02. The van der Waals surface area contributed by atoms with Gasteiger partial charge in [-0.2, -0.15) is 9.78 Å². The molecule has 0 aliphatic heterocycles. The Kier molecular flexibility index (Phi) is 4.28. The topological polar surface area (TPSA) is 68.5 Å². The first kappa shape index (κ1) is 17.4. The molecule has 0 amide bonds. The van der Waals surface area contributed by atoms with Gasteiger partial charge in [0, 0.05) is 11.9 Å². The number of anilines is 2. The highest BCUT2D eigenvalue weighted by molar-refractivity contribution is 6.32. The third kappa shape index (κ3) is 3.36. The highest BCUT2D eigenvalue weighted by Gasteiger charge is 2.15. The van der Waals surface area contributed by atoms with Gasteiger partial charge in [-0.15, -0.1) is 0 Å². The van der Waals surface area contributed by atoms with Gasteiger partial charge in [0.15, 0.2) is 11.5 Å². The van der Waals surface area contributed by atoms with E-state index < -0.39 is 0 Å². The van der Waals surface area contributed by atoms with Gasteiger partial charge in [0.2, 0.25) is 0 Å². The molecule has 3 heterocycles. The Balaban J connectivity index is 1.71. The van der Waals surface area contributed by atoms with Crippen LogP contribution in [0.15, 0.2) is 55.1 Å². The van der Waals surface area contributed by atoms with Crippen LogP contribution >= 0.6 is 11.6 Å². The second kappa shape index (κ2) is 6.63. The van der Waals surface area contributed by atoms with Crippen molar-refractivity contribution in [3.8, 4) is 5.82 Å². The van der Waals surface area contributed by atoms with Crippen LogP contribution in [0.5, 0.6) is 0 Å². The van der Waals surface area contributed by atoms with E-state index in [9.17, 15) is 0 Å². The molecule has 6 nitrogen and oxygen atoms in total. The predicted octanol–water partition coefficient (Wildman–Crippen LogP) is 4.91. The summed E-state index contributed by atoms with van der Waals surface area (Å²) in [7, 11) is 0. The van der Waals surface area contributed by atoms with Gasteiger partial charge in [-0.25, -0.2) is 15.0 Å². The largest absolute Gasteiger partial charge is 0.340 e. The number of aromatic nitrogens is 5. The van der Waals surface area contributed by atoms with Crippen molar-refractivity contribution < 1.29 is 0 Å². The average Bonchev–Trinajstić information content (AvgIpc) is 3.07. The lowest BCUT2D eigenvalue weighted by atomic mass is 9.87. The number of pyridine rings is 1. The molecule has 1 aromatic carbocycles. The molecule has 0 saturated carbocycles. The van der Waals surface area contributed by atoms with E-state index in [2.05, 4.69) is 70.4 Å². The summed E-state index contributed by atoms with van der Waals surface area (Å²) in [5.41, 5.74) is 2.98. The number of nitrogens with one attached hydrogen (secondary N) is 1. The number of hydrogen-bond acceptors (Lipinski definition) is 5. The predicted molar refractivity (Wildman–Crippen MR) is 108 cm³/mol. The Morgan fingerprint density at radius 1 is 1.00 bits per heavy atom. The van der Waals surface area contributed by atoms with Crippen molar-refractivity contribution >= 4 is 34.1 Å². The molecule has 4 aromatic rings. The fraction of sp³-hybridized carbons (Fsp3) is 0.200. The summed E-state index contributed by atoms with van der Waals surface area (Å²) >= 11 is 6.25. The molecule has 0 aliphatic carbocycles. The van der Waals surface area contributed by atoms with Crippen molar-refractivity contribution in [1.29, 1.82) is 0 Å². The van der Waals surface area contributed by atoms with Gasteiger partial charge in [0.1, 0.15) is 12.1 Å². The molecular formula is C20H19ClN6. The van der Waals surface area contributed by atoms with Gasteiger partial charge in [-0.1, -0.05) is 44.5 Å². The molecule has 4 rings (SSSR count). The quantitative estimate of drug-likeness (QED) is 0.548. The standard InChI is InChI=1S/C20H19ClN6/c1-20(2,3)13-6-8-14(9-7-13)26-17-15-11-25-27(18(15)24-12-23-17)19-16(21)5-4-10-22-19/h4-12H,1-3H3,(H,23,24,26). The van der Waals surface area contributed by atoms with E-state index in [1.807, 2.05) is 0 Å². The maximum Gasteiger partial charge on any atom is 0.174 e. The van der Waals surface area contributed by atoms with Gasteiger partial charge in [-0.3, -0.25) is 0 Å². The second-order valence-corrected chi connectivity index (χ2v) is 7.68. The molecule has 27 heavy (non-hydrogen) atoms. The van der Waals surface area contributed by atoms with Crippen LogP contribution in [-0.2, 0) is 5.41 Å². The smallest absolute Gasteiger partial charge is 0.174 e. The third-order valence-corrected chi connectivity index (χ3v) is 4.61. The summed E-state index contributed by atoms with van der Waals surface area (Å²) in [6.07, 6.45) is 4.89. The van der Waals surface area contributed by atoms with Crippen molar-refractivity contribution in [2.45, 2.75) is 26.2 Å². The molecule has 0 fully saturated rings. The molecule has 0 radical (unpaired) electrons. The fourth-order valence-electron chi connectivity index (χ4n) is 2.82. The van der Waals surface area contributed by atoms with E-state index in [-0.39, 0.29) is 5.41 Å². The minimum absolute atomic E-state index is 0.115. The summed E-state index contributed by atoms with van der Waals surface area (Å²) in [5.74, 6) is 1.22. The number of halogens is 1. The van der Waals surface area contributed by atoms with Crippen molar-refractivity contribution in [2.75, 3.05) is 5.32 Å². The zero-order valence-corrected chi connectivity index (χ0v) is 16.1. The summed E-state index contributed by atoms with van der Waals surface area (Å²) in [6.45, 7) is 6.58. The molecule has 0 aliphatic rings. The van der Waals surface area contributed by atoms with Crippen LogP contribution in [0.2, 0.25) is 5.02 Å². The van der Waals surface area contributed by atoms with Gasteiger partial charge in [0.25, 0.3) is 0 Å². The van der Waals surface area contributed by atoms with E-state index in [0.717, 1.165) is 11.1 Å². The SMILES string of the molecule is CC(C)(C)c1ccc(Nc2ncnc3c2cnn3-c2ncccc2Cl)cc1. The normalized spacial score (nSPS) is 11.7. The van der Waals surface area contributed by atoms with E-state index in [1.165, 1.54) is 11.9 Å². The van der Waals surface area contributed by atoms with Gasteiger partial charge < -0.3 is 5.32 Å². The van der Waals surface area contributed by atoms with Gasteiger partial charge >= 0.3 is 0 Å². The van der Waals surface area contributed by atoms with Crippen LogP contribution in [0.3, 0.4) is 0 Å². The number of hydrogen-bond donors (Lipinski definition) is 1. The van der Waals surface area contributed by atoms with Crippen molar-refractivity contribution in [2.24, 2.45) is 0 Å². The van der Waals surface area contributed by atoms with Crippen LogP contribution in [0.25, 0.3) is 16.9 Å².